The van der Waals surface area contributed by atoms with Crippen LogP contribution in [0.25, 0.3) is 0 Å². The van der Waals surface area contributed by atoms with Crippen molar-refractivity contribution in [1.29, 1.82) is 0 Å². The van der Waals surface area contributed by atoms with Crippen molar-refractivity contribution in [2.75, 3.05) is 31.5 Å². The molecule has 3 rings (SSSR count). The molecule has 2 saturated heterocycles. The summed E-state index contributed by atoms with van der Waals surface area (Å²) < 4.78 is 0. The van der Waals surface area contributed by atoms with E-state index in [1.165, 1.54) is 6.42 Å². The number of piperidine rings is 1. The molecule has 0 saturated carbocycles. The molecule has 3 heterocycles. The molecule has 0 radical (unpaired) electrons. The van der Waals surface area contributed by atoms with Gasteiger partial charge in [-0.3, -0.25) is 15.6 Å². The number of amides is 1. The number of nitrogens with one attached hydrogen (secondary N) is 3. The number of carbonyl (C=O) groups excluding carboxylic acids is 1. The van der Waals surface area contributed by atoms with Crippen LogP contribution in [0.15, 0.2) is 12.3 Å². The highest BCUT2D eigenvalue weighted by Crippen LogP contribution is 2.22. The quantitative estimate of drug-likeness (QED) is 0.676. The third-order valence-electron chi connectivity index (χ3n) is 5.18. The van der Waals surface area contributed by atoms with E-state index in [1.807, 2.05) is 4.90 Å². The zero-order chi connectivity index (χ0) is 17.6. The van der Waals surface area contributed by atoms with Gasteiger partial charge in [-0.15, -0.1) is 0 Å². The molecule has 1 amide bonds. The monoisotopic (exact) mass is 365 g/mol. The Morgan fingerprint density at radius 3 is 2.88 bits per heavy atom. The molecule has 1 aromatic rings. The Morgan fingerprint density at radius 1 is 1.40 bits per heavy atom. The molecular formula is C18H28ClN5O. The summed E-state index contributed by atoms with van der Waals surface area (Å²) in [6, 6.07) is 2.25. The Morgan fingerprint density at radius 2 is 2.20 bits per heavy atom. The second kappa shape index (κ2) is 8.83. The van der Waals surface area contributed by atoms with E-state index in [0.29, 0.717) is 28.4 Å². The standard InChI is InChI=1S/C18H28ClN5O/c1-13-14(12-22-23-13)6-5-7-20-17-16(19)10-15(11-21-17)18(25)24-8-3-2-4-9-24/h10-11,13-14,22-23H,2-9,12H2,1H3,(H,20,21). The number of hydrogen-bond donors (Lipinski definition) is 3. The van der Waals surface area contributed by atoms with Gasteiger partial charge in [0.2, 0.25) is 0 Å². The van der Waals surface area contributed by atoms with E-state index >= 15 is 0 Å². The summed E-state index contributed by atoms with van der Waals surface area (Å²) in [5.41, 5.74) is 7.01. The largest absolute Gasteiger partial charge is 0.369 e. The topological polar surface area (TPSA) is 69.3 Å². The molecule has 0 aromatic carbocycles. The fourth-order valence-electron chi connectivity index (χ4n) is 3.53. The number of anilines is 1. The van der Waals surface area contributed by atoms with Gasteiger partial charge in [0, 0.05) is 38.4 Å². The van der Waals surface area contributed by atoms with Gasteiger partial charge < -0.3 is 10.2 Å². The minimum absolute atomic E-state index is 0.0378. The fourth-order valence-corrected chi connectivity index (χ4v) is 3.77. The molecule has 1 aromatic heterocycles. The number of carbonyl (C=O) groups is 1. The normalized spacial score (nSPS) is 23.7. The van der Waals surface area contributed by atoms with Crippen LogP contribution in [-0.2, 0) is 0 Å². The van der Waals surface area contributed by atoms with Crippen LogP contribution in [-0.4, -0.2) is 48.0 Å². The summed E-state index contributed by atoms with van der Waals surface area (Å²) in [5.74, 6) is 1.36. The minimum Gasteiger partial charge on any atom is -0.369 e. The summed E-state index contributed by atoms with van der Waals surface area (Å²) in [5, 5.41) is 3.80. The molecule has 2 atom stereocenters. The maximum Gasteiger partial charge on any atom is 0.255 e. The second-order valence-corrected chi connectivity index (χ2v) is 7.46. The third kappa shape index (κ3) is 4.84. The highest BCUT2D eigenvalue weighted by Gasteiger charge is 2.22. The molecular weight excluding hydrogens is 338 g/mol. The Labute approximate surface area is 154 Å². The highest BCUT2D eigenvalue weighted by molar-refractivity contribution is 6.33. The molecule has 25 heavy (non-hydrogen) atoms. The SMILES string of the molecule is CC1NNCC1CCCNc1ncc(C(=O)N2CCCCC2)cc1Cl. The highest BCUT2D eigenvalue weighted by atomic mass is 35.5. The maximum absolute atomic E-state index is 12.5. The first-order valence-corrected chi connectivity index (χ1v) is 9.70. The van der Waals surface area contributed by atoms with Crippen molar-refractivity contribution in [3.05, 3.63) is 22.8 Å². The van der Waals surface area contributed by atoms with Crippen molar-refractivity contribution in [2.45, 2.75) is 45.1 Å². The lowest BCUT2D eigenvalue weighted by molar-refractivity contribution is 0.0724. The fraction of sp³-hybridized carbons (Fsp3) is 0.667. The van der Waals surface area contributed by atoms with Crippen molar-refractivity contribution in [2.24, 2.45) is 5.92 Å². The molecule has 0 aliphatic carbocycles. The summed E-state index contributed by atoms with van der Waals surface area (Å²) in [6.45, 7) is 5.72. The van der Waals surface area contributed by atoms with E-state index in [2.05, 4.69) is 28.1 Å². The van der Waals surface area contributed by atoms with Gasteiger partial charge in [-0.1, -0.05) is 11.6 Å². The number of hydrogen-bond acceptors (Lipinski definition) is 5. The predicted octanol–water partition coefficient (Wildman–Crippen LogP) is 2.67. The predicted molar refractivity (Wildman–Crippen MR) is 101 cm³/mol. The first-order valence-electron chi connectivity index (χ1n) is 9.32. The van der Waals surface area contributed by atoms with Crippen molar-refractivity contribution < 1.29 is 4.79 Å². The first-order chi connectivity index (χ1) is 12.1. The molecule has 2 fully saturated rings. The Balaban J connectivity index is 1.48. The summed E-state index contributed by atoms with van der Waals surface area (Å²) >= 11 is 6.33. The lowest BCUT2D eigenvalue weighted by Gasteiger charge is -2.26. The smallest absolute Gasteiger partial charge is 0.255 e. The van der Waals surface area contributed by atoms with Crippen molar-refractivity contribution in [3.8, 4) is 0 Å². The summed E-state index contributed by atoms with van der Waals surface area (Å²) in [6.07, 6.45) is 7.21. The molecule has 7 heteroatoms. The van der Waals surface area contributed by atoms with Crippen LogP contribution in [0.3, 0.4) is 0 Å². The second-order valence-electron chi connectivity index (χ2n) is 7.05. The zero-order valence-corrected chi connectivity index (χ0v) is 15.6. The number of nitrogens with zero attached hydrogens (tertiary/aromatic N) is 2. The van der Waals surface area contributed by atoms with Gasteiger partial charge in [0.1, 0.15) is 5.82 Å². The number of pyridine rings is 1. The molecule has 138 valence electrons. The molecule has 6 nitrogen and oxygen atoms in total. The third-order valence-corrected chi connectivity index (χ3v) is 5.46. The average Bonchev–Trinajstić information content (AvgIpc) is 3.05. The van der Waals surface area contributed by atoms with Crippen LogP contribution in [0, 0.1) is 5.92 Å². The Bertz CT molecular complexity index is 591. The molecule has 0 spiro atoms. The van der Waals surface area contributed by atoms with Gasteiger partial charge in [-0.2, -0.15) is 0 Å². The Kier molecular flexibility index (Phi) is 6.51. The van der Waals surface area contributed by atoms with Gasteiger partial charge >= 0.3 is 0 Å². The van der Waals surface area contributed by atoms with E-state index in [9.17, 15) is 4.79 Å². The molecule has 3 N–H and O–H groups in total. The molecule has 2 unspecified atom stereocenters. The van der Waals surface area contributed by atoms with Gasteiger partial charge in [-0.25, -0.2) is 4.98 Å². The van der Waals surface area contributed by atoms with Crippen molar-refractivity contribution in [3.63, 3.8) is 0 Å². The van der Waals surface area contributed by atoms with Crippen LogP contribution in [0.2, 0.25) is 5.02 Å². The molecule has 2 aliphatic rings. The van der Waals surface area contributed by atoms with E-state index in [0.717, 1.165) is 51.9 Å². The van der Waals surface area contributed by atoms with Gasteiger partial charge in [0.25, 0.3) is 5.91 Å². The van der Waals surface area contributed by atoms with Gasteiger partial charge in [-0.05, 0) is 51.0 Å². The number of halogens is 1. The molecule has 2 aliphatic heterocycles. The Hall–Kier alpha value is -1.37. The number of likely N-dealkylation sites (tertiary alicyclic amines) is 1. The van der Waals surface area contributed by atoms with Crippen LogP contribution < -0.4 is 16.2 Å². The number of aromatic nitrogens is 1. The maximum atomic E-state index is 12.5. The lowest BCUT2D eigenvalue weighted by atomic mass is 9.98. The van der Waals surface area contributed by atoms with E-state index in [4.69, 9.17) is 11.6 Å². The van der Waals surface area contributed by atoms with Crippen LogP contribution in [0.4, 0.5) is 5.82 Å². The summed E-state index contributed by atoms with van der Waals surface area (Å²) in [4.78, 5) is 18.8. The van der Waals surface area contributed by atoms with Crippen LogP contribution in [0.5, 0.6) is 0 Å². The number of rotatable bonds is 6. The van der Waals surface area contributed by atoms with Crippen LogP contribution >= 0.6 is 11.6 Å². The minimum atomic E-state index is 0.0378. The van der Waals surface area contributed by atoms with Crippen molar-refractivity contribution in [1.82, 2.24) is 20.7 Å². The van der Waals surface area contributed by atoms with Crippen molar-refractivity contribution >= 4 is 23.3 Å². The van der Waals surface area contributed by atoms with E-state index < -0.39 is 0 Å². The van der Waals surface area contributed by atoms with Crippen LogP contribution in [0.1, 0.15) is 49.4 Å². The van der Waals surface area contributed by atoms with E-state index in [-0.39, 0.29) is 5.91 Å². The lowest BCUT2D eigenvalue weighted by Crippen LogP contribution is -2.35. The molecule has 0 bridgehead atoms. The first kappa shape index (κ1) is 18.4. The van der Waals surface area contributed by atoms with Gasteiger partial charge in [0.15, 0.2) is 0 Å². The summed E-state index contributed by atoms with van der Waals surface area (Å²) in [7, 11) is 0. The average molecular weight is 366 g/mol. The zero-order valence-electron chi connectivity index (χ0n) is 14.9. The number of hydrazine groups is 1. The van der Waals surface area contributed by atoms with Gasteiger partial charge in [0.05, 0.1) is 10.6 Å². The van der Waals surface area contributed by atoms with E-state index in [1.54, 1.807) is 12.3 Å².